The number of amides is 1. The van der Waals surface area contributed by atoms with Crippen molar-refractivity contribution in [3.05, 3.63) is 0 Å². The third-order valence-electron chi connectivity index (χ3n) is 4.09. The Balaban J connectivity index is 2.34. The minimum absolute atomic E-state index is 0.0123. The summed E-state index contributed by atoms with van der Waals surface area (Å²) in [7, 11) is 0. The maximum Gasteiger partial charge on any atom is 0.323 e. The molecule has 0 spiro atoms. The fourth-order valence-electron chi connectivity index (χ4n) is 2.58. The SMILES string of the molecule is CCC(C)N(CC(=O)O)C(=O)CCCC1CCOCC1. The standard InChI is InChI=1S/C15H27NO4/c1-3-12(2)16(11-15(18)19)14(17)6-4-5-13-7-9-20-10-8-13/h12-13H,3-11H2,1-2H3,(H,18,19). The normalized spacial score (nSPS) is 17.7. The highest BCUT2D eigenvalue weighted by Gasteiger charge is 2.21. The van der Waals surface area contributed by atoms with Gasteiger partial charge in [-0.25, -0.2) is 0 Å². The van der Waals surface area contributed by atoms with Crippen LogP contribution in [0.4, 0.5) is 0 Å². The molecule has 20 heavy (non-hydrogen) atoms. The molecule has 1 aliphatic heterocycles. The van der Waals surface area contributed by atoms with Crippen molar-refractivity contribution in [2.45, 2.75) is 58.4 Å². The van der Waals surface area contributed by atoms with Gasteiger partial charge < -0.3 is 14.7 Å². The first-order valence-corrected chi connectivity index (χ1v) is 7.63. The first-order valence-electron chi connectivity index (χ1n) is 7.63. The molecule has 1 fully saturated rings. The van der Waals surface area contributed by atoms with Gasteiger partial charge in [-0.1, -0.05) is 6.92 Å². The van der Waals surface area contributed by atoms with E-state index in [2.05, 4.69) is 0 Å². The molecule has 0 radical (unpaired) electrons. The molecule has 1 amide bonds. The summed E-state index contributed by atoms with van der Waals surface area (Å²) in [4.78, 5) is 24.5. The number of carboxylic acid groups (broad SMARTS) is 1. The number of carbonyl (C=O) groups is 2. The first-order chi connectivity index (χ1) is 9.54. The van der Waals surface area contributed by atoms with Gasteiger partial charge in [0, 0.05) is 25.7 Å². The summed E-state index contributed by atoms with van der Waals surface area (Å²) in [6.07, 6.45) is 5.28. The van der Waals surface area contributed by atoms with Crippen molar-refractivity contribution in [1.82, 2.24) is 4.90 Å². The number of hydrogen-bond acceptors (Lipinski definition) is 3. The maximum absolute atomic E-state index is 12.2. The Kier molecular flexibility index (Phi) is 7.59. The Morgan fingerprint density at radius 3 is 2.55 bits per heavy atom. The zero-order valence-corrected chi connectivity index (χ0v) is 12.6. The Morgan fingerprint density at radius 1 is 1.35 bits per heavy atom. The van der Waals surface area contributed by atoms with Crippen LogP contribution in [0.1, 0.15) is 52.4 Å². The van der Waals surface area contributed by atoms with E-state index in [-0.39, 0.29) is 18.5 Å². The van der Waals surface area contributed by atoms with Crippen molar-refractivity contribution in [1.29, 1.82) is 0 Å². The number of ether oxygens (including phenoxy) is 1. The van der Waals surface area contributed by atoms with Crippen molar-refractivity contribution >= 4 is 11.9 Å². The van der Waals surface area contributed by atoms with Gasteiger partial charge in [-0.3, -0.25) is 9.59 Å². The lowest BCUT2D eigenvalue weighted by atomic mass is 9.94. The Labute approximate surface area is 121 Å². The minimum Gasteiger partial charge on any atom is -0.480 e. The van der Waals surface area contributed by atoms with Gasteiger partial charge in [0.1, 0.15) is 6.54 Å². The van der Waals surface area contributed by atoms with Crippen molar-refractivity contribution in [2.75, 3.05) is 19.8 Å². The van der Waals surface area contributed by atoms with Crippen LogP contribution in [0.5, 0.6) is 0 Å². The monoisotopic (exact) mass is 285 g/mol. The molecule has 116 valence electrons. The average Bonchev–Trinajstić information content (AvgIpc) is 2.44. The van der Waals surface area contributed by atoms with E-state index in [9.17, 15) is 9.59 Å². The molecule has 0 aliphatic carbocycles. The molecule has 0 saturated carbocycles. The second-order valence-electron chi connectivity index (χ2n) is 5.62. The molecule has 0 aromatic rings. The van der Waals surface area contributed by atoms with Gasteiger partial charge in [0.25, 0.3) is 0 Å². The van der Waals surface area contributed by atoms with Crippen LogP contribution >= 0.6 is 0 Å². The number of aliphatic carboxylic acids is 1. The van der Waals surface area contributed by atoms with Gasteiger partial charge in [-0.2, -0.15) is 0 Å². The molecule has 0 bridgehead atoms. The molecule has 1 saturated heterocycles. The zero-order chi connectivity index (χ0) is 15.0. The second-order valence-corrected chi connectivity index (χ2v) is 5.62. The predicted octanol–water partition coefficient (Wildman–Crippen LogP) is 2.29. The zero-order valence-electron chi connectivity index (χ0n) is 12.6. The second kappa shape index (κ2) is 8.95. The topological polar surface area (TPSA) is 66.8 Å². The van der Waals surface area contributed by atoms with Gasteiger partial charge in [0.15, 0.2) is 0 Å². The molecular weight excluding hydrogens is 258 g/mol. The van der Waals surface area contributed by atoms with Crippen LogP contribution in [0.3, 0.4) is 0 Å². The number of carbonyl (C=O) groups excluding carboxylic acids is 1. The summed E-state index contributed by atoms with van der Waals surface area (Å²) in [6, 6.07) is -0.0123. The summed E-state index contributed by atoms with van der Waals surface area (Å²) in [5.74, 6) is -0.315. The van der Waals surface area contributed by atoms with Crippen LogP contribution in [0.25, 0.3) is 0 Å². The highest BCUT2D eigenvalue weighted by atomic mass is 16.5. The third kappa shape index (κ3) is 5.90. The van der Waals surface area contributed by atoms with E-state index in [0.29, 0.717) is 12.3 Å². The summed E-state index contributed by atoms with van der Waals surface area (Å²) in [5.41, 5.74) is 0. The fraction of sp³-hybridized carbons (Fsp3) is 0.867. The van der Waals surface area contributed by atoms with Crippen LogP contribution < -0.4 is 0 Å². The summed E-state index contributed by atoms with van der Waals surface area (Å²) in [6.45, 7) is 5.34. The molecule has 1 unspecified atom stereocenters. The summed E-state index contributed by atoms with van der Waals surface area (Å²) < 4.78 is 5.31. The van der Waals surface area contributed by atoms with Crippen molar-refractivity contribution < 1.29 is 19.4 Å². The highest BCUT2D eigenvalue weighted by molar-refractivity contribution is 5.81. The maximum atomic E-state index is 12.2. The number of rotatable bonds is 8. The lowest BCUT2D eigenvalue weighted by Gasteiger charge is -2.27. The lowest BCUT2D eigenvalue weighted by molar-refractivity contribution is -0.146. The molecule has 5 heteroatoms. The average molecular weight is 285 g/mol. The van der Waals surface area contributed by atoms with E-state index in [1.165, 1.54) is 4.90 Å². The van der Waals surface area contributed by atoms with Gasteiger partial charge >= 0.3 is 5.97 Å². The highest BCUT2D eigenvalue weighted by Crippen LogP contribution is 2.21. The van der Waals surface area contributed by atoms with E-state index >= 15 is 0 Å². The number of hydrogen-bond donors (Lipinski definition) is 1. The lowest BCUT2D eigenvalue weighted by Crippen LogP contribution is -2.41. The molecule has 5 nitrogen and oxygen atoms in total. The molecule has 0 aromatic heterocycles. The van der Waals surface area contributed by atoms with E-state index < -0.39 is 5.97 Å². The molecule has 1 rings (SSSR count). The molecule has 1 atom stereocenters. The van der Waals surface area contributed by atoms with Crippen molar-refractivity contribution in [3.63, 3.8) is 0 Å². The van der Waals surface area contributed by atoms with Crippen molar-refractivity contribution in [3.8, 4) is 0 Å². The molecule has 1 heterocycles. The minimum atomic E-state index is -0.942. The Hall–Kier alpha value is -1.10. The number of nitrogens with zero attached hydrogens (tertiary/aromatic N) is 1. The van der Waals surface area contributed by atoms with Crippen LogP contribution in [0, 0.1) is 5.92 Å². The van der Waals surface area contributed by atoms with Crippen LogP contribution in [0.15, 0.2) is 0 Å². The molecular formula is C15H27NO4. The van der Waals surface area contributed by atoms with Crippen molar-refractivity contribution in [2.24, 2.45) is 5.92 Å². The van der Waals surface area contributed by atoms with Gasteiger partial charge in [-0.15, -0.1) is 0 Å². The van der Waals surface area contributed by atoms with Crippen LogP contribution in [-0.2, 0) is 14.3 Å². The first kappa shape index (κ1) is 17.0. The van der Waals surface area contributed by atoms with E-state index in [4.69, 9.17) is 9.84 Å². The Bertz CT molecular complexity index is 313. The molecule has 1 aliphatic rings. The van der Waals surface area contributed by atoms with Crippen LogP contribution in [-0.4, -0.2) is 47.7 Å². The van der Waals surface area contributed by atoms with Crippen LogP contribution in [0.2, 0.25) is 0 Å². The van der Waals surface area contributed by atoms with E-state index in [1.54, 1.807) is 0 Å². The Morgan fingerprint density at radius 2 is 2.00 bits per heavy atom. The van der Waals surface area contributed by atoms with Gasteiger partial charge in [0.2, 0.25) is 5.91 Å². The molecule has 1 N–H and O–H groups in total. The quantitative estimate of drug-likeness (QED) is 0.743. The van der Waals surface area contributed by atoms with E-state index in [0.717, 1.165) is 45.3 Å². The summed E-state index contributed by atoms with van der Waals surface area (Å²) in [5, 5.41) is 8.90. The largest absolute Gasteiger partial charge is 0.480 e. The van der Waals surface area contributed by atoms with E-state index in [1.807, 2.05) is 13.8 Å². The third-order valence-corrected chi connectivity index (χ3v) is 4.09. The predicted molar refractivity (Wildman–Crippen MR) is 76.5 cm³/mol. The molecule has 0 aromatic carbocycles. The number of carboxylic acids is 1. The fourth-order valence-corrected chi connectivity index (χ4v) is 2.58. The summed E-state index contributed by atoms with van der Waals surface area (Å²) >= 11 is 0. The smallest absolute Gasteiger partial charge is 0.323 e. The van der Waals surface area contributed by atoms with Gasteiger partial charge in [-0.05, 0) is 44.9 Å². The van der Waals surface area contributed by atoms with Gasteiger partial charge in [0.05, 0.1) is 0 Å².